The normalized spacial score (nSPS) is 9.92. The van der Waals surface area contributed by atoms with Crippen molar-refractivity contribution in [2.24, 2.45) is 16.6 Å². The van der Waals surface area contributed by atoms with Crippen molar-refractivity contribution in [3.63, 3.8) is 0 Å². The van der Waals surface area contributed by atoms with Gasteiger partial charge in [0.1, 0.15) is 0 Å². The van der Waals surface area contributed by atoms with Gasteiger partial charge in [-0.05, 0) is 13.1 Å². The lowest BCUT2D eigenvalue weighted by molar-refractivity contribution is 0.303. The van der Waals surface area contributed by atoms with Gasteiger partial charge in [-0.1, -0.05) is 13.8 Å². The van der Waals surface area contributed by atoms with Crippen LogP contribution >= 0.6 is 0 Å². The van der Waals surface area contributed by atoms with Gasteiger partial charge in [0.2, 0.25) is 5.96 Å². The van der Waals surface area contributed by atoms with Crippen LogP contribution in [0.2, 0.25) is 0 Å². The Balaban J connectivity index is 3.35. The number of hydrogen-bond donors (Lipinski definition) is 3. The van der Waals surface area contributed by atoms with E-state index in [0.29, 0.717) is 0 Å². The van der Waals surface area contributed by atoms with E-state index in [4.69, 9.17) is 11.5 Å². The standard InChI is InChI=1S/C7H19N5/c1-3-12(4-2)6-5-10-11-7(8)9/h10H,3-6H2,1-2H3,(H4,8,9,11). The van der Waals surface area contributed by atoms with Crippen molar-refractivity contribution in [1.82, 2.24) is 10.3 Å². The Kier molecular flexibility index (Phi) is 6.18. The average molecular weight is 173 g/mol. The summed E-state index contributed by atoms with van der Waals surface area (Å²) in [5.74, 6) is 0.0783. The first kappa shape index (κ1) is 11.0. The lowest BCUT2D eigenvalue weighted by Gasteiger charge is -2.16. The number of hydrazone groups is 1. The largest absolute Gasteiger partial charge is 0.369 e. The number of nitrogens with zero attached hydrogens (tertiary/aromatic N) is 2. The molecular weight excluding hydrogens is 154 g/mol. The molecule has 0 aliphatic heterocycles. The van der Waals surface area contributed by atoms with Gasteiger partial charge in [0.05, 0.1) is 0 Å². The topological polar surface area (TPSA) is 79.7 Å². The maximum Gasteiger partial charge on any atom is 0.208 e. The van der Waals surface area contributed by atoms with Crippen molar-refractivity contribution in [3.05, 3.63) is 0 Å². The van der Waals surface area contributed by atoms with Gasteiger partial charge in [0.15, 0.2) is 0 Å². The highest BCUT2D eigenvalue weighted by Crippen LogP contribution is 1.83. The molecule has 0 radical (unpaired) electrons. The molecule has 0 spiro atoms. The molecule has 0 saturated carbocycles. The summed E-state index contributed by atoms with van der Waals surface area (Å²) in [5, 5.41) is 3.66. The first-order valence-electron chi connectivity index (χ1n) is 4.24. The van der Waals surface area contributed by atoms with Crippen molar-refractivity contribution in [2.45, 2.75) is 13.8 Å². The quantitative estimate of drug-likeness (QED) is 0.211. The molecule has 0 atom stereocenters. The van der Waals surface area contributed by atoms with Crippen molar-refractivity contribution in [2.75, 3.05) is 26.2 Å². The number of guanidine groups is 1. The highest BCUT2D eigenvalue weighted by atomic mass is 15.3. The minimum Gasteiger partial charge on any atom is -0.369 e. The van der Waals surface area contributed by atoms with E-state index < -0.39 is 0 Å². The van der Waals surface area contributed by atoms with Crippen LogP contribution in [0.3, 0.4) is 0 Å². The van der Waals surface area contributed by atoms with E-state index in [-0.39, 0.29) is 5.96 Å². The van der Waals surface area contributed by atoms with Crippen LogP contribution < -0.4 is 16.9 Å². The third-order valence-electron chi connectivity index (χ3n) is 1.64. The molecule has 0 aliphatic rings. The van der Waals surface area contributed by atoms with Crippen LogP contribution in [-0.2, 0) is 0 Å². The van der Waals surface area contributed by atoms with Crippen molar-refractivity contribution in [3.8, 4) is 0 Å². The molecule has 72 valence electrons. The maximum atomic E-state index is 5.13. The molecule has 5 N–H and O–H groups in total. The summed E-state index contributed by atoms with van der Waals surface area (Å²) in [4.78, 5) is 2.29. The lowest BCUT2D eigenvalue weighted by Crippen LogP contribution is -2.32. The summed E-state index contributed by atoms with van der Waals surface area (Å²) < 4.78 is 0. The van der Waals surface area contributed by atoms with Crippen LogP contribution in [0.15, 0.2) is 5.10 Å². The number of rotatable bonds is 6. The molecule has 0 fully saturated rings. The number of likely N-dealkylation sites (N-methyl/N-ethyl adjacent to an activating group) is 1. The Morgan fingerprint density at radius 2 is 1.92 bits per heavy atom. The van der Waals surface area contributed by atoms with E-state index in [1.54, 1.807) is 0 Å². The maximum absolute atomic E-state index is 5.13. The second kappa shape index (κ2) is 6.72. The Morgan fingerprint density at radius 1 is 1.33 bits per heavy atom. The number of hydrogen-bond acceptors (Lipinski definition) is 3. The predicted octanol–water partition coefficient (Wildman–Crippen LogP) is -0.894. The van der Waals surface area contributed by atoms with E-state index in [1.165, 1.54) is 0 Å². The van der Waals surface area contributed by atoms with Crippen LogP contribution in [0.4, 0.5) is 0 Å². The summed E-state index contributed by atoms with van der Waals surface area (Å²) in [6, 6.07) is 0. The molecule has 0 aromatic heterocycles. The molecule has 5 nitrogen and oxygen atoms in total. The van der Waals surface area contributed by atoms with E-state index in [1.807, 2.05) is 0 Å². The van der Waals surface area contributed by atoms with Gasteiger partial charge >= 0.3 is 0 Å². The van der Waals surface area contributed by atoms with E-state index >= 15 is 0 Å². The van der Waals surface area contributed by atoms with Crippen LogP contribution in [0.1, 0.15) is 13.8 Å². The average Bonchev–Trinajstić information content (AvgIpc) is 2.04. The van der Waals surface area contributed by atoms with Gasteiger partial charge in [-0.15, -0.1) is 5.10 Å². The molecule has 0 aromatic carbocycles. The molecule has 0 saturated heterocycles. The summed E-state index contributed by atoms with van der Waals surface area (Å²) in [6.07, 6.45) is 0. The van der Waals surface area contributed by atoms with Crippen molar-refractivity contribution < 1.29 is 0 Å². The fourth-order valence-electron chi connectivity index (χ4n) is 0.895. The Morgan fingerprint density at radius 3 is 2.33 bits per heavy atom. The van der Waals surface area contributed by atoms with E-state index in [9.17, 15) is 0 Å². The Labute approximate surface area is 73.8 Å². The third kappa shape index (κ3) is 5.79. The Bertz CT molecular complexity index is 126. The van der Waals surface area contributed by atoms with Crippen LogP contribution in [0, 0.1) is 0 Å². The molecule has 0 aliphatic carbocycles. The number of nitrogens with two attached hydrogens (primary N) is 2. The number of nitrogens with one attached hydrogen (secondary N) is 1. The molecule has 5 heteroatoms. The molecule has 12 heavy (non-hydrogen) atoms. The van der Waals surface area contributed by atoms with E-state index in [2.05, 4.69) is 29.3 Å². The minimum absolute atomic E-state index is 0.0783. The zero-order valence-electron chi connectivity index (χ0n) is 7.88. The fourth-order valence-corrected chi connectivity index (χ4v) is 0.895. The second-order valence-electron chi connectivity index (χ2n) is 2.47. The first-order valence-corrected chi connectivity index (χ1v) is 4.24. The third-order valence-corrected chi connectivity index (χ3v) is 1.64. The molecule has 0 aromatic rings. The molecule has 0 bridgehead atoms. The molecule has 0 unspecified atom stereocenters. The van der Waals surface area contributed by atoms with Crippen molar-refractivity contribution >= 4 is 5.96 Å². The zero-order chi connectivity index (χ0) is 9.40. The first-order chi connectivity index (χ1) is 5.70. The predicted molar refractivity (Wildman–Crippen MR) is 51.6 cm³/mol. The lowest BCUT2D eigenvalue weighted by atomic mass is 10.5. The van der Waals surface area contributed by atoms with Crippen LogP contribution in [0.25, 0.3) is 0 Å². The van der Waals surface area contributed by atoms with Crippen molar-refractivity contribution in [1.29, 1.82) is 0 Å². The zero-order valence-corrected chi connectivity index (χ0v) is 7.88. The second-order valence-corrected chi connectivity index (χ2v) is 2.47. The SMILES string of the molecule is CCN(CC)CCNN=C(N)N. The smallest absolute Gasteiger partial charge is 0.208 e. The monoisotopic (exact) mass is 173 g/mol. The van der Waals surface area contributed by atoms with Crippen LogP contribution in [-0.4, -0.2) is 37.0 Å². The van der Waals surface area contributed by atoms with Gasteiger partial charge in [0.25, 0.3) is 0 Å². The van der Waals surface area contributed by atoms with Crippen LogP contribution in [0.5, 0.6) is 0 Å². The minimum atomic E-state index is 0.0783. The molecule has 0 heterocycles. The highest BCUT2D eigenvalue weighted by Gasteiger charge is 1.95. The van der Waals surface area contributed by atoms with Gasteiger partial charge in [-0.2, -0.15) is 0 Å². The summed E-state index contributed by atoms with van der Waals surface area (Å²) in [5.41, 5.74) is 13.0. The Hall–Kier alpha value is -0.970. The summed E-state index contributed by atoms with van der Waals surface area (Å²) >= 11 is 0. The van der Waals surface area contributed by atoms with Gasteiger partial charge in [0, 0.05) is 13.1 Å². The summed E-state index contributed by atoms with van der Waals surface area (Å²) in [7, 11) is 0. The molecule has 0 amide bonds. The van der Waals surface area contributed by atoms with E-state index in [0.717, 1.165) is 26.2 Å². The molecular formula is C7H19N5. The van der Waals surface area contributed by atoms with Gasteiger partial charge < -0.3 is 21.8 Å². The molecule has 0 rings (SSSR count). The van der Waals surface area contributed by atoms with Gasteiger partial charge in [-0.3, -0.25) is 0 Å². The fraction of sp³-hybridized carbons (Fsp3) is 0.857. The highest BCUT2D eigenvalue weighted by molar-refractivity contribution is 5.75. The van der Waals surface area contributed by atoms with Gasteiger partial charge in [-0.25, -0.2) is 0 Å². The summed E-state index contributed by atoms with van der Waals surface area (Å²) in [6.45, 7) is 8.11.